The molecule has 3 aliphatic heterocycles. The number of benzene rings is 1. The monoisotopic (exact) mass is 531 g/mol. The summed E-state index contributed by atoms with van der Waals surface area (Å²) in [6.45, 7) is 7.50. The normalized spacial score (nSPS) is 22.3. The number of carbonyl (C=O) groups excluding carboxylic acids is 2. The average Bonchev–Trinajstić information content (AvgIpc) is 2.83. The fraction of sp³-hybridized carbons (Fsp3) is 0.560. The quantitative estimate of drug-likeness (QED) is 0.207. The molecular weight excluding hydrogens is 501 g/mol. The highest BCUT2D eigenvalue weighted by Gasteiger charge is 2.47. The topological polar surface area (TPSA) is 93.5 Å². The Hall–Kier alpha value is -3.20. The second kappa shape index (κ2) is 13.4. The number of piperidine rings is 3. The number of aliphatic carboxylic acids is 1. The van der Waals surface area contributed by atoms with Gasteiger partial charge in [-0.1, -0.05) is 12.1 Å². The van der Waals surface area contributed by atoms with Crippen molar-refractivity contribution in [2.24, 2.45) is 5.92 Å². The second-order valence-electron chi connectivity index (χ2n) is 9.15. The van der Waals surface area contributed by atoms with E-state index >= 15 is 0 Å². The number of anilines is 1. The van der Waals surface area contributed by atoms with Gasteiger partial charge < -0.3 is 19.1 Å². The number of nitriles is 1. The van der Waals surface area contributed by atoms with E-state index in [1.165, 1.54) is 6.07 Å². The van der Waals surface area contributed by atoms with Crippen LogP contribution in [-0.4, -0.2) is 61.5 Å². The molecule has 1 atom stereocenters. The lowest BCUT2D eigenvalue weighted by atomic mass is 9.83. The highest BCUT2D eigenvalue weighted by molar-refractivity contribution is 5.88. The van der Waals surface area contributed by atoms with E-state index in [1.54, 1.807) is 6.08 Å². The van der Waals surface area contributed by atoms with E-state index in [1.807, 2.05) is 0 Å². The smallest absolute Gasteiger partial charge is 0.430 e. The highest BCUT2D eigenvalue weighted by Crippen LogP contribution is 2.36. The fourth-order valence-electron chi connectivity index (χ4n) is 4.79. The molecule has 3 saturated heterocycles. The van der Waals surface area contributed by atoms with Gasteiger partial charge in [-0.2, -0.15) is 18.4 Å². The summed E-state index contributed by atoms with van der Waals surface area (Å²) < 4.78 is 67.1. The van der Waals surface area contributed by atoms with Gasteiger partial charge in [0.05, 0.1) is 25.7 Å². The van der Waals surface area contributed by atoms with Gasteiger partial charge in [0, 0.05) is 38.1 Å². The molecule has 4 rings (SSSR count). The van der Waals surface area contributed by atoms with Gasteiger partial charge in [-0.25, -0.2) is 13.6 Å². The number of allylic oxidation sites excluding steroid dienone is 1. The van der Waals surface area contributed by atoms with Crippen LogP contribution in [0.2, 0.25) is 0 Å². The number of carbonyl (C=O) groups is 2. The van der Waals surface area contributed by atoms with Crippen LogP contribution in [0.4, 0.5) is 32.4 Å². The number of fused-ring (bicyclic) bond motifs is 3. The molecule has 37 heavy (non-hydrogen) atoms. The van der Waals surface area contributed by atoms with Crippen LogP contribution in [0.1, 0.15) is 38.5 Å². The van der Waals surface area contributed by atoms with Crippen LogP contribution in [0.15, 0.2) is 30.9 Å². The number of carboxylic acid groups (broad SMARTS) is 1. The summed E-state index contributed by atoms with van der Waals surface area (Å²) in [6, 6.07) is 5.77. The van der Waals surface area contributed by atoms with E-state index in [0.29, 0.717) is 25.8 Å². The fourth-order valence-corrected chi connectivity index (χ4v) is 4.79. The molecule has 204 valence electrons. The van der Waals surface area contributed by atoms with Crippen molar-refractivity contribution in [3.05, 3.63) is 42.5 Å². The average molecular weight is 532 g/mol. The number of rotatable bonds is 9. The Labute approximate surface area is 212 Å². The Morgan fingerprint density at radius 1 is 1.22 bits per heavy atom. The zero-order valence-corrected chi connectivity index (χ0v) is 20.3. The zero-order valence-electron chi connectivity index (χ0n) is 20.3. The van der Waals surface area contributed by atoms with Gasteiger partial charge in [-0.15, -0.1) is 6.58 Å². The molecule has 3 fully saturated rings. The summed E-state index contributed by atoms with van der Waals surface area (Å²) in [5.74, 6) is -4.28. The van der Waals surface area contributed by atoms with Crippen LogP contribution in [0, 0.1) is 28.9 Å². The van der Waals surface area contributed by atoms with Crippen molar-refractivity contribution in [3.8, 4) is 6.07 Å². The molecule has 2 bridgehead atoms. The molecule has 1 aromatic carbocycles. The summed E-state index contributed by atoms with van der Waals surface area (Å²) in [4.78, 5) is 22.9. The van der Waals surface area contributed by atoms with Crippen molar-refractivity contribution in [1.82, 2.24) is 0 Å². The Morgan fingerprint density at radius 2 is 1.81 bits per heavy atom. The van der Waals surface area contributed by atoms with Crippen LogP contribution in [-0.2, 0) is 9.53 Å². The molecule has 0 N–H and O–H groups in total. The third kappa shape index (κ3) is 8.42. The van der Waals surface area contributed by atoms with E-state index in [-0.39, 0.29) is 24.3 Å². The molecule has 1 aromatic rings. The van der Waals surface area contributed by atoms with Crippen molar-refractivity contribution in [2.45, 2.75) is 50.8 Å². The minimum Gasteiger partial charge on any atom is -0.542 e. The standard InChI is InChI=1S/C23H30F2N3O2.C2HF3O2/c1-2-3-5-13-27(22-19(24)8-7-9-20(22)25)23(29)30-21-17-28(14-6-4-12-26)15-10-18(21)11-16-28;3-2(4,5)1(6)7/h2,7-9,18,21H,1,3-6,10-11,13-17H2;(H,6,7)/q+1;/p-1/t18?,21-,28?;/m0./s1. The Balaban J connectivity index is 0.000000604. The minimum atomic E-state index is -5.19. The molecule has 0 spiro atoms. The Bertz CT molecular complexity index is 967. The zero-order chi connectivity index (χ0) is 27.6. The van der Waals surface area contributed by atoms with E-state index in [0.717, 1.165) is 60.4 Å². The Kier molecular flexibility index (Phi) is 10.9. The molecule has 7 nitrogen and oxygen atoms in total. The third-order valence-electron chi connectivity index (χ3n) is 6.66. The number of carboxylic acids is 1. The summed E-state index contributed by atoms with van der Waals surface area (Å²) in [7, 11) is 0. The maximum absolute atomic E-state index is 14.4. The first-order chi connectivity index (χ1) is 17.4. The lowest BCUT2D eigenvalue weighted by Crippen LogP contribution is -2.65. The van der Waals surface area contributed by atoms with Gasteiger partial charge in [0.1, 0.15) is 29.8 Å². The van der Waals surface area contributed by atoms with Gasteiger partial charge in [0.15, 0.2) is 6.10 Å². The SMILES string of the molecule is C=CCCCN(C(=O)O[C@H]1C[N+]2(CCCC#N)CCC1CC2)c1c(F)cccc1F.O=C([O-])C(F)(F)F. The number of amides is 1. The maximum atomic E-state index is 14.4. The first kappa shape index (κ1) is 30.0. The van der Waals surface area contributed by atoms with Crippen LogP contribution in [0.3, 0.4) is 0 Å². The largest absolute Gasteiger partial charge is 0.542 e. The molecular formula is C25H30F5N3O4. The molecule has 0 radical (unpaired) electrons. The van der Waals surface area contributed by atoms with Crippen molar-refractivity contribution in [2.75, 3.05) is 37.6 Å². The van der Waals surface area contributed by atoms with E-state index in [9.17, 15) is 26.7 Å². The van der Waals surface area contributed by atoms with Crippen molar-refractivity contribution in [3.63, 3.8) is 0 Å². The maximum Gasteiger partial charge on any atom is 0.430 e. The second-order valence-corrected chi connectivity index (χ2v) is 9.15. The summed E-state index contributed by atoms with van der Waals surface area (Å²) >= 11 is 0. The van der Waals surface area contributed by atoms with Gasteiger partial charge in [0.2, 0.25) is 0 Å². The van der Waals surface area contributed by atoms with Crippen LogP contribution in [0.25, 0.3) is 0 Å². The first-order valence-electron chi connectivity index (χ1n) is 12.0. The molecule has 0 saturated carbocycles. The first-order valence-corrected chi connectivity index (χ1v) is 12.0. The third-order valence-corrected chi connectivity index (χ3v) is 6.66. The molecule has 0 aromatic heterocycles. The number of hydrogen-bond acceptors (Lipinski definition) is 5. The van der Waals surface area contributed by atoms with Crippen molar-refractivity contribution < 1.29 is 45.9 Å². The Morgan fingerprint density at radius 3 is 2.32 bits per heavy atom. The number of hydrogen-bond donors (Lipinski definition) is 0. The lowest BCUT2D eigenvalue weighted by molar-refractivity contribution is -0.946. The van der Waals surface area contributed by atoms with Crippen LogP contribution < -0.4 is 10.0 Å². The molecule has 12 heteroatoms. The van der Waals surface area contributed by atoms with Crippen molar-refractivity contribution >= 4 is 17.7 Å². The summed E-state index contributed by atoms with van der Waals surface area (Å²) in [5, 5.41) is 17.6. The number of quaternary nitrogens is 1. The highest BCUT2D eigenvalue weighted by atomic mass is 19.4. The molecule has 1 amide bonds. The number of unbranched alkanes of at least 4 members (excludes halogenated alkanes) is 2. The summed E-state index contributed by atoms with van der Waals surface area (Å²) in [5.41, 5.74) is -0.356. The number of nitrogens with zero attached hydrogens (tertiary/aromatic N) is 3. The predicted octanol–water partition coefficient (Wildman–Crippen LogP) is 4.09. The van der Waals surface area contributed by atoms with Crippen molar-refractivity contribution in [1.29, 1.82) is 5.26 Å². The van der Waals surface area contributed by atoms with Gasteiger partial charge in [0.25, 0.3) is 0 Å². The predicted molar refractivity (Wildman–Crippen MR) is 122 cm³/mol. The molecule has 3 heterocycles. The number of ether oxygens (including phenoxy) is 1. The van der Waals surface area contributed by atoms with E-state index in [2.05, 4.69) is 12.6 Å². The van der Waals surface area contributed by atoms with Crippen LogP contribution in [0.5, 0.6) is 0 Å². The van der Waals surface area contributed by atoms with E-state index < -0.39 is 29.9 Å². The van der Waals surface area contributed by atoms with E-state index in [4.69, 9.17) is 19.9 Å². The molecule has 0 unspecified atom stereocenters. The van der Waals surface area contributed by atoms with Gasteiger partial charge >= 0.3 is 12.3 Å². The van der Waals surface area contributed by atoms with Crippen LogP contribution >= 0.6 is 0 Å². The molecule has 3 aliphatic rings. The molecule has 0 aliphatic carbocycles. The number of para-hydroxylation sites is 1. The number of alkyl halides is 3. The summed E-state index contributed by atoms with van der Waals surface area (Å²) in [6.07, 6.45) is 0.0107. The minimum absolute atomic E-state index is 0.155. The lowest BCUT2D eigenvalue weighted by Gasteiger charge is -2.52. The number of halogens is 5. The van der Waals surface area contributed by atoms with Gasteiger partial charge in [-0.3, -0.25) is 4.90 Å². The van der Waals surface area contributed by atoms with Gasteiger partial charge in [-0.05, 0) is 25.0 Å².